The molecule has 0 radical (unpaired) electrons. The molecule has 1 aliphatic heterocycles. The van der Waals surface area contributed by atoms with Crippen molar-refractivity contribution in [3.63, 3.8) is 0 Å². The number of aryl methyl sites for hydroxylation is 2. The number of carbonyl (C=O) groups excluding carboxylic acids is 1. The molecule has 1 aromatic heterocycles. The van der Waals surface area contributed by atoms with Crippen LogP contribution in [0.4, 0.5) is 0 Å². The van der Waals surface area contributed by atoms with Gasteiger partial charge in [-0.1, -0.05) is 78.9 Å². The Morgan fingerprint density at radius 1 is 0.818 bits per heavy atom. The maximum Gasteiger partial charge on any atom is 0.253 e. The molecule has 4 aromatic rings. The Labute approximate surface area is 195 Å². The van der Waals surface area contributed by atoms with E-state index in [1.165, 1.54) is 11.1 Å². The minimum absolute atomic E-state index is 0.115. The average Bonchev–Trinajstić information content (AvgIpc) is 3.38. The number of benzene rings is 3. The predicted molar refractivity (Wildman–Crippen MR) is 131 cm³/mol. The van der Waals surface area contributed by atoms with Crippen LogP contribution in [0.25, 0.3) is 0 Å². The fraction of sp³-hybridized carbons (Fsp3) is 0.241. The molecule has 1 saturated heterocycles. The standard InChI is InChI=1S/C29H29N3O/c33-27(25-12-6-2-7-13-25)31-21-17-29(18-22-31,26-14-8-3-9-15-26)28-30-19-23-32(28)20-16-24-10-4-1-5-11-24/h1-15,19,23H,16-18,20-22H2. The summed E-state index contributed by atoms with van der Waals surface area (Å²) in [5.41, 5.74) is 3.17. The lowest BCUT2D eigenvalue weighted by atomic mass is 9.71. The van der Waals surface area contributed by atoms with Gasteiger partial charge in [0, 0.05) is 37.6 Å². The van der Waals surface area contributed by atoms with Crippen LogP contribution in [-0.2, 0) is 18.4 Å². The highest BCUT2D eigenvalue weighted by Crippen LogP contribution is 2.41. The lowest BCUT2D eigenvalue weighted by Gasteiger charge is -2.42. The van der Waals surface area contributed by atoms with E-state index in [4.69, 9.17) is 4.98 Å². The normalized spacial score (nSPS) is 15.3. The molecule has 0 spiro atoms. The molecular weight excluding hydrogens is 406 g/mol. The minimum atomic E-state index is -0.199. The number of amides is 1. The Bertz CT molecular complexity index is 1180. The molecule has 166 valence electrons. The maximum absolute atomic E-state index is 13.1. The smallest absolute Gasteiger partial charge is 0.253 e. The van der Waals surface area contributed by atoms with Crippen LogP contribution in [0.3, 0.4) is 0 Å². The molecule has 3 aromatic carbocycles. The first-order valence-electron chi connectivity index (χ1n) is 11.7. The van der Waals surface area contributed by atoms with Crippen LogP contribution in [0.2, 0.25) is 0 Å². The van der Waals surface area contributed by atoms with E-state index < -0.39 is 0 Å². The summed E-state index contributed by atoms with van der Waals surface area (Å²) in [7, 11) is 0. The topological polar surface area (TPSA) is 38.1 Å². The number of piperidine rings is 1. The second-order valence-corrected chi connectivity index (χ2v) is 8.79. The number of hydrogen-bond donors (Lipinski definition) is 0. The third-order valence-electron chi connectivity index (χ3n) is 6.88. The summed E-state index contributed by atoms with van der Waals surface area (Å²) < 4.78 is 2.31. The molecule has 0 unspecified atom stereocenters. The number of hydrogen-bond acceptors (Lipinski definition) is 2. The van der Waals surface area contributed by atoms with Crippen molar-refractivity contribution in [1.29, 1.82) is 0 Å². The molecule has 1 fully saturated rings. The highest BCUT2D eigenvalue weighted by atomic mass is 16.2. The van der Waals surface area contributed by atoms with Crippen molar-refractivity contribution >= 4 is 5.91 Å². The number of imidazole rings is 1. The van der Waals surface area contributed by atoms with Crippen molar-refractivity contribution in [3.8, 4) is 0 Å². The van der Waals surface area contributed by atoms with Crippen LogP contribution < -0.4 is 0 Å². The van der Waals surface area contributed by atoms with Crippen LogP contribution >= 0.6 is 0 Å². The molecule has 0 saturated carbocycles. The van der Waals surface area contributed by atoms with Crippen molar-refractivity contribution in [2.75, 3.05) is 13.1 Å². The quantitative estimate of drug-likeness (QED) is 0.410. The van der Waals surface area contributed by atoms with E-state index in [1.807, 2.05) is 41.4 Å². The largest absolute Gasteiger partial charge is 0.339 e. The summed E-state index contributed by atoms with van der Waals surface area (Å²) in [6, 6.07) is 30.9. The fourth-order valence-electron chi connectivity index (χ4n) is 5.06. The lowest BCUT2D eigenvalue weighted by molar-refractivity contribution is 0.0680. The number of aromatic nitrogens is 2. The first kappa shape index (κ1) is 21.2. The van der Waals surface area contributed by atoms with E-state index in [0.29, 0.717) is 13.1 Å². The van der Waals surface area contributed by atoms with Gasteiger partial charge in [-0.25, -0.2) is 4.98 Å². The van der Waals surface area contributed by atoms with Gasteiger partial charge >= 0.3 is 0 Å². The molecule has 0 bridgehead atoms. The van der Waals surface area contributed by atoms with Crippen molar-refractivity contribution in [2.45, 2.75) is 31.2 Å². The number of rotatable bonds is 6. The van der Waals surface area contributed by atoms with Crippen LogP contribution in [0.5, 0.6) is 0 Å². The predicted octanol–water partition coefficient (Wildman–Crippen LogP) is 5.35. The molecule has 1 aliphatic rings. The van der Waals surface area contributed by atoms with Crippen LogP contribution in [0.1, 0.15) is 40.2 Å². The summed E-state index contributed by atoms with van der Waals surface area (Å²) in [5, 5.41) is 0. The Morgan fingerprint density at radius 2 is 1.42 bits per heavy atom. The zero-order chi connectivity index (χ0) is 22.5. The highest BCUT2D eigenvalue weighted by Gasteiger charge is 2.42. The summed E-state index contributed by atoms with van der Waals surface area (Å²) in [4.78, 5) is 19.9. The van der Waals surface area contributed by atoms with Crippen LogP contribution in [0.15, 0.2) is 103 Å². The maximum atomic E-state index is 13.1. The number of nitrogens with zero attached hydrogens (tertiary/aromatic N) is 3. The first-order valence-corrected chi connectivity index (χ1v) is 11.7. The van der Waals surface area contributed by atoms with Crippen molar-refractivity contribution in [2.24, 2.45) is 0 Å². The van der Waals surface area contributed by atoms with Gasteiger partial charge < -0.3 is 9.47 Å². The van der Waals surface area contributed by atoms with Gasteiger partial charge in [-0.05, 0) is 42.5 Å². The molecule has 5 rings (SSSR count). The van der Waals surface area contributed by atoms with E-state index in [2.05, 4.69) is 71.4 Å². The van der Waals surface area contributed by atoms with Gasteiger partial charge in [-0.3, -0.25) is 4.79 Å². The molecule has 33 heavy (non-hydrogen) atoms. The zero-order valence-electron chi connectivity index (χ0n) is 18.8. The third-order valence-corrected chi connectivity index (χ3v) is 6.88. The van der Waals surface area contributed by atoms with Gasteiger partial charge in [0.25, 0.3) is 5.91 Å². The molecule has 2 heterocycles. The Morgan fingerprint density at radius 3 is 2.09 bits per heavy atom. The van der Waals surface area contributed by atoms with Gasteiger partial charge in [-0.2, -0.15) is 0 Å². The lowest BCUT2D eigenvalue weighted by Crippen LogP contribution is -2.47. The van der Waals surface area contributed by atoms with Gasteiger partial charge in [0.2, 0.25) is 0 Å². The van der Waals surface area contributed by atoms with E-state index in [1.54, 1.807) is 0 Å². The zero-order valence-corrected chi connectivity index (χ0v) is 18.8. The molecule has 0 aliphatic carbocycles. The molecule has 4 heteroatoms. The SMILES string of the molecule is O=C(c1ccccc1)N1CCC(c2ccccc2)(c2nccn2CCc2ccccc2)CC1. The van der Waals surface area contributed by atoms with Gasteiger partial charge in [0.1, 0.15) is 5.82 Å². The van der Waals surface area contributed by atoms with E-state index in [-0.39, 0.29) is 11.3 Å². The summed E-state index contributed by atoms with van der Waals surface area (Å²) >= 11 is 0. The molecule has 1 amide bonds. The number of likely N-dealkylation sites (tertiary alicyclic amines) is 1. The fourth-order valence-corrected chi connectivity index (χ4v) is 5.06. The minimum Gasteiger partial charge on any atom is -0.339 e. The average molecular weight is 436 g/mol. The Balaban J connectivity index is 1.42. The van der Waals surface area contributed by atoms with Gasteiger partial charge in [0.05, 0.1) is 5.41 Å². The van der Waals surface area contributed by atoms with Crippen LogP contribution in [-0.4, -0.2) is 33.4 Å². The van der Waals surface area contributed by atoms with E-state index in [0.717, 1.165) is 37.2 Å². The first-order chi connectivity index (χ1) is 16.3. The second kappa shape index (κ2) is 9.45. The summed E-state index contributed by atoms with van der Waals surface area (Å²) in [6.45, 7) is 2.32. The third kappa shape index (κ3) is 4.34. The van der Waals surface area contributed by atoms with Crippen LogP contribution in [0, 0.1) is 0 Å². The highest BCUT2D eigenvalue weighted by molar-refractivity contribution is 5.94. The summed E-state index contributed by atoms with van der Waals surface area (Å²) in [6.07, 6.45) is 6.71. The van der Waals surface area contributed by atoms with E-state index >= 15 is 0 Å². The molecule has 0 N–H and O–H groups in total. The number of carbonyl (C=O) groups is 1. The monoisotopic (exact) mass is 435 g/mol. The van der Waals surface area contributed by atoms with Crippen molar-refractivity contribution in [1.82, 2.24) is 14.5 Å². The summed E-state index contributed by atoms with van der Waals surface area (Å²) in [5.74, 6) is 1.22. The van der Waals surface area contributed by atoms with Crippen molar-refractivity contribution in [3.05, 3.63) is 126 Å². The Hall–Kier alpha value is -3.66. The van der Waals surface area contributed by atoms with Crippen molar-refractivity contribution < 1.29 is 4.79 Å². The molecular formula is C29H29N3O. The molecule has 4 nitrogen and oxygen atoms in total. The second-order valence-electron chi connectivity index (χ2n) is 8.79. The van der Waals surface area contributed by atoms with Gasteiger partial charge in [0.15, 0.2) is 0 Å². The van der Waals surface area contributed by atoms with E-state index in [9.17, 15) is 4.79 Å². The van der Waals surface area contributed by atoms with Gasteiger partial charge in [-0.15, -0.1) is 0 Å². The molecule has 0 atom stereocenters. The Kier molecular flexibility index (Phi) is 6.07.